The van der Waals surface area contributed by atoms with Gasteiger partial charge in [0.25, 0.3) is 0 Å². The fourth-order valence-corrected chi connectivity index (χ4v) is 4.43. The third-order valence-electron chi connectivity index (χ3n) is 5.89. The van der Waals surface area contributed by atoms with Crippen LogP contribution in [0, 0.1) is 0 Å². The molecule has 2 atom stereocenters. The topological polar surface area (TPSA) is 54.5 Å². The van der Waals surface area contributed by atoms with Crippen LogP contribution in [-0.4, -0.2) is 35.5 Å². The van der Waals surface area contributed by atoms with Crippen LogP contribution in [0.5, 0.6) is 0 Å². The Labute approximate surface area is 182 Å². The van der Waals surface area contributed by atoms with Crippen LogP contribution in [0.2, 0.25) is 5.15 Å². The molecule has 1 aromatic heterocycles. The molecule has 6 heteroatoms. The molecule has 0 radical (unpaired) electrons. The first-order valence-corrected chi connectivity index (χ1v) is 10.7. The Balaban J connectivity index is 1.62. The Hall–Kier alpha value is -2.34. The predicted molar refractivity (Wildman–Crippen MR) is 122 cm³/mol. The molecule has 2 aromatic rings. The number of rotatable bonds is 5. The Bertz CT molecular complexity index is 979. The standard InChI is InChI=1S/C24H26ClFN4/c1-2-20-21(10-11-28-22(20)25)24(27)14-19(15-29-23(24)26)18-8-6-17(7-9-18)16-30-12-4-3-5-13-30/h2,6-11,14-15,23H,1,3-5,12-13,16,27H2. The Morgan fingerprint density at radius 1 is 1.20 bits per heavy atom. The average molecular weight is 425 g/mol. The summed E-state index contributed by atoms with van der Waals surface area (Å²) in [6, 6.07) is 10.0. The number of allylic oxidation sites excluding steroid dienone is 1. The number of halogens is 2. The smallest absolute Gasteiger partial charge is 0.215 e. The van der Waals surface area contributed by atoms with Gasteiger partial charge in [-0.25, -0.2) is 9.37 Å². The van der Waals surface area contributed by atoms with E-state index in [2.05, 4.69) is 33.6 Å². The monoisotopic (exact) mass is 424 g/mol. The van der Waals surface area contributed by atoms with E-state index in [1.54, 1.807) is 24.4 Å². The van der Waals surface area contributed by atoms with Crippen LogP contribution in [0.15, 0.2) is 54.2 Å². The SMILES string of the molecule is C=Cc1c(C2(N)C=C(c3ccc(CN4CCCCC4)cc3)C=NC2F)ccnc1Cl. The second-order valence-electron chi connectivity index (χ2n) is 7.95. The lowest BCUT2D eigenvalue weighted by molar-refractivity contribution is 0.221. The lowest BCUT2D eigenvalue weighted by Gasteiger charge is -2.32. The van der Waals surface area contributed by atoms with Gasteiger partial charge in [-0.1, -0.05) is 54.9 Å². The molecule has 4 nitrogen and oxygen atoms in total. The van der Waals surface area contributed by atoms with Gasteiger partial charge in [-0.15, -0.1) is 0 Å². The lowest BCUT2D eigenvalue weighted by Crippen LogP contribution is -2.45. The van der Waals surface area contributed by atoms with Crippen molar-refractivity contribution in [3.8, 4) is 0 Å². The largest absolute Gasteiger partial charge is 0.314 e. The third kappa shape index (κ3) is 4.10. The van der Waals surface area contributed by atoms with Gasteiger partial charge in [0.15, 0.2) is 0 Å². The lowest BCUT2D eigenvalue weighted by atomic mass is 9.83. The number of aromatic nitrogens is 1. The fourth-order valence-electron chi connectivity index (χ4n) is 4.19. The van der Waals surface area contributed by atoms with Gasteiger partial charge in [0.05, 0.1) is 0 Å². The van der Waals surface area contributed by atoms with Gasteiger partial charge in [-0.05, 0) is 60.3 Å². The van der Waals surface area contributed by atoms with E-state index < -0.39 is 11.8 Å². The van der Waals surface area contributed by atoms with Gasteiger partial charge in [-0.2, -0.15) is 0 Å². The van der Waals surface area contributed by atoms with Crippen molar-refractivity contribution in [1.29, 1.82) is 0 Å². The highest BCUT2D eigenvalue weighted by Gasteiger charge is 2.39. The average Bonchev–Trinajstić information content (AvgIpc) is 2.77. The molecule has 0 aliphatic carbocycles. The first kappa shape index (κ1) is 20.9. The van der Waals surface area contributed by atoms with Gasteiger partial charge in [-0.3, -0.25) is 9.89 Å². The fraction of sp³-hybridized carbons (Fsp3) is 0.333. The number of aliphatic imine (C=N–C) groups is 1. The van der Waals surface area contributed by atoms with Crippen molar-refractivity contribution in [2.75, 3.05) is 13.1 Å². The molecule has 1 fully saturated rings. The van der Waals surface area contributed by atoms with Crippen molar-refractivity contribution in [2.45, 2.75) is 37.6 Å². The number of likely N-dealkylation sites (tertiary alicyclic amines) is 1. The molecule has 3 heterocycles. The molecule has 0 saturated carbocycles. The number of nitrogens with two attached hydrogens (primary N) is 1. The first-order chi connectivity index (χ1) is 14.5. The van der Waals surface area contributed by atoms with E-state index in [0.29, 0.717) is 11.1 Å². The quantitative estimate of drug-likeness (QED) is 0.544. The van der Waals surface area contributed by atoms with E-state index in [0.717, 1.165) is 30.8 Å². The van der Waals surface area contributed by atoms with Crippen molar-refractivity contribution in [2.24, 2.45) is 10.7 Å². The van der Waals surface area contributed by atoms with Crippen LogP contribution in [0.25, 0.3) is 11.6 Å². The zero-order chi connectivity index (χ0) is 21.1. The summed E-state index contributed by atoms with van der Waals surface area (Å²) < 4.78 is 14.9. The molecule has 2 aliphatic rings. The summed E-state index contributed by atoms with van der Waals surface area (Å²) in [5, 5.41) is 0.242. The van der Waals surface area contributed by atoms with Crippen LogP contribution >= 0.6 is 11.6 Å². The Kier molecular flexibility index (Phi) is 6.14. The number of hydrogen-bond donors (Lipinski definition) is 1. The zero-order valence-electron chi connectivity index (χ0n) is 16.9. The maximum Gasteiger partial charge on any atom is 0.215 e. The molecule has 2 aliphatic heterocycles. The summed E-state index contributed by atoms with van der Waals surface area (Å²) in [6.07, 6.45) is 8.59. The molecular weight excluding hydrogens is 399 g/mol. The van der Waals surface area contributed by atoms with Crippen LogP contribution in [0.3, 0.4) is 0 Å². The predicted octanol–water partition coefficient (Wildman–Crippen LogP) is 4.98. The minimum Gasteiger partial charge on any atom is -0.314 e. The molecule has 2 N–H and O–H groups in total. The summed E-state index contributed by atoms with van der Waals surface area (Å²) >= 11 is 6.19. The molecule has 0 spiro atoms. The second-order valence-corrected chi connectivity index (χ2v) is 8.31. The van der Waals surface area contributed by atoms with Gasteiger partial charge < -0.3 is 5.73 Å². The second kappa shape index (κ2) is 8.80. The maximum absolute atomic E-state index is 14.9. The Morgan fingerprint density at radius 2 is 1.93 bits per heavy atom. The summed E-state index contributed by atoms with van der Waals surface area (Å²) in [5.41, 5.74) is 9.12. The van der Waals surface area contributed by atoms with E-state index in [1.165, 1.54) is 31.0 Å². The zero-order valence-corrected chi connectivity index (χ0v) is 17.7. The number of alkyl halides is 1. The minimum atomic E-state index is -1.63. The number of dihydropyridines is 1. The molecule has 2 unspecified atom stereocenters. The first-order valence-electron chi connectivity index (χ1n) is 10.3. The molecule has 1 aromatic carbocycles. The van der Waals surface area contributed by atoms with E-state index in [4.69, 9.17) is 17.3 Å². The summed E-state index contributed by atoms with van der Waals surface area (Å²) in [4.78, 5) is 10.6. The van der Waals surface area contributed by atoms with Gasteiger partial charge >= 0.3 is 0 Å². The van der Waals surface area contributed by atoms with E-state index in [1.807, 2.05) is 12.1 Å². The number of nitrogens with zero attached hydrogens (tertiary/aromatic N) is 3. The van der Waals surface area contributed by atoms with Crippen molar-refractivity contribution < 1.29 is 4.39 Å². The van der Waals surface area contributed by atoms with Crippen molar-refractivity contribution >= 4 is 29.5 Å². The van der Waals surface area contributed by atoms with Crippen molar-refractivity contribution in [1.82, 2.24) is 9.88 Å². The maximum atomic E-state index is 14.9. The van der Waals surface area contributed by atoms with Crippen LogP contribution in [-0.2, 0) is 12.1 Å². The minimum absolute atomic E-state index is 0.242. The normalized spacial score (nSPS) is 24.5. The molecule has 156 valence electrons. The molecule has 1 saturated heterocycles. The van der Waals surface area contributed by atoms with Gasteiger partial charge in [0.1, 0.15) is 10.7 Å². The van der Waals surface area contributed by atoms with Crippen LogP contribution < -0.4 is 5.73 Å². The number of hydrogen-bond acceptors (Lipinski definition) is 4. The van der Waals surface area contributed by atoms with Crippen molar-refractivity contribution in [3.63, 3.8) is 0 Å². The molecular formula is C24H26ClFN4. The molecule has 0 bridgehead atoms. The summed E-state index contributed by atoms with van der Waals surface area (Å²) in [6.45, 7) is 7.05. The number of benzene rings is 1. The van der Waals surface area contributed by atoms with Gasteiger partial charge in [0, 0.05) is 24.5 Å². The van der Waals surface area contributed by atoms with Crippen LogP contribution in [0.1, 0.15) is 41.5 Å². The third-order valence-corrected chi connectivity index (χ3v) is 6.19. The van der Waals surface area contributed by atoms with E-state index in [-0.39, 0.29) is 5.15 Å². The highest BCUT2D eigenvalue weighted by Crippen LogP contribution is 2.37. The number of piperidine rings is 1. The van der Waals surface area contributed by atoms with Crippen molar-refractivity contribution in [3.05, 3.63) is 76.6 Å². The van der Waals surface area contributed by atoms with E-state index >= 15 is 0 Å². The van der Waals surface area contributed by atoms with Crippen LogP contribution in [0.4, 0.5) is 4.39 Å². The summed E-state index contributed by atoms with van der Waals surface area (Å²) in [5.74, 6) is 0. The molecule has 30 heavy (non-hydrogen) atoms. The number of pyridine rings is 1. The Morgan fingerprint density at radius 3 is 2.63 bits per heavy atom. The highest BCUT2D eigenvalue weighted by molar-refractivity contribution is 6.31. The molecule has 4 rings (SSSR count). The van der Waals surface area contributed by atoms with Gasteiger partial charge in [0.2, 0.25) is 6.30 Å². The van der Waals surface area contributed by atoms with E-state index in [9.17, 15) is 4.39 Å². The summed E-state index contributed by atoms with van der Waals surface area (Å²) in [7, 11) is 0. The highest BCUT2D eigenvalue weighted by atomic mass is 35.5. The molecule has 0 amide bonds.